The van der Waals surface area contributed by atoms with Crippen molar-refractivity contribution in [3.63, 3.8) is 0 Å². The molecule has 1 atom stereocenters. The summed E-state index contributed by atoms with van der Waals surface area (Å²) in [6.07, 6.45) is 0. The molecule has 0 bridgehead atoms. The lowest BCUT2D eigenvalue weighted by molar-refractivity contribution is 0.822. The molecule has 3 nitrogen and oxygen atoms in total. The van der Waals surface area contributed by atoms with E-state index in [1.807, 2.05) is 4.90 Å². The van der Waals surface area contributed by atoms with Crippen molar-refractivity contribution in [3.8, 4) is 0 Å². The van der Waals surface area contributed by atoms with Crippen LogP contribution < -0.4 is 10.6 Å². The van der Waals surface area contributed by atoms with Gasteiger partial charge in [-0.05, 0) is 34.9 Å². The van der Waals surface area contributed by atoms with E-state index in [-0.39, 0.29) is 5.96 Å². The maximum absolute atomic E-state index is 7.67. The van der Waals surface area contributed by atoms with Gasteiger partial charge in [-0.25, -0.2) is 0 Å². The highest BCUT2D eigenvalue weighted by Gasteiger charge is 2.28. The zero-order valence-electron chi connectivity index (χ0n) is 10.7. The maximum atomic E-state index is 7.67. The number of hydrogen-bond donors (Lipinski definition) is 2. The summed E-state index contributed by atoms with van der Waals surface area (Å²) in [6.45, 7) is 5.14. The van der Waals surface area contributed by atoms with Crippen LogP contribution in [0.2, 0.25) is 0 Å². The van der Waals surface area contributed by atoms with E-state index in [0.29, 0.717) is 5.92 Å². The Morgan fingerprint density at radius 1 is 1.28 bits per heavy atom. The quantitative estimate of drug-likeness (QED) is 0.548. The summed E-state index contributed by atoms with van der Waals surface area (Å²) in [5, 5.41) is 10.3. The Kier molecular flexibility index (Phi) is 2.30. The van der Waals surface area contributed by atoms with Crippen molar-refractivity contribution in [2.45, 2.75) is 19.8 Å². The molecule has 1 aliphatic heterocycles. The average molecular weight is 239 g/mol. The molecule has 2 aromatic rings. The number of guanidine groups is 1. The number of nitrogens with two attached hydrogens (primary N) is 1. The molecule has 0 spiro atoms. The number of nitrogens with one attached hydrogen (secondary N) is 1. The van der Waals surface area contributed by atoms with E-state index in [0.717, 1.165) is 12.2 Å². The Balaban J connectivity index is 2.33. The second kappa shape index (κ2) is 3.73. The number of aryl methyl sites for hydroxylation is 1. The van der Waals surface area contributed by atoms with Gasteiger partial charge in [-0.1, -0.05) is 31.2 Å². The third-order valence-electron chi connectivity index (χ3n) is 3.83. The number of nitrogens with zero attached hydrogens (tertiary/aromatic N) is 1. The van der Waals surface area contributed by atoms with Gasteiger partial charge >= 0.3 is 0 Å². The molecule has 92 valence electrons. The van der Waals surface area contributed by atoms with Crippen molar-refractivity contribution in [1.82, 2.24) is 0 Å². The molecule has 2 aromatic carbocycles. The molecule has 0 amide bonds. The van der Waals surface area contributed by atoms with Gasteiger partial charge in [0.1, 0.15) is 0 Å². The van der Waals surface area contributed by atoms with Crippen LogP contribution in [0.4, 0.5) is 5.69 Å². The largest absolute Gasteiger partial charge is 0.370 e. The van der Waals surface area contributed by atoms with E-state index in [1.165, 1.54) is 21.9 Å². The van der Waals surface area contributed by atoms with Crippen LogP contribution in [-0.2, 0) is 0 Å². The SMILES string of the molecule is Cc1cccc2c3c(ccc12)N(C(=N)N)CC3C. The van der Waals surface area contributed by atoms with E-state index in [2.05, 4.69) is 44.2 Å². The molecular weight excluding hydrogens is 222 g/mol. The summed E-state index contributed by atoms with van der Waals surface area (Å²) in [6, 6.07) is 10.6. The van der Waals surface area contributed by atoms with Gasteiger partial charge < -0.3 is 10.6 Å². The first kappa shape index (κ1) is 11.1. The molecule has 1 unspecified atom stereocenters. The van der Waals surface area contributed by atoms with E-state index >= 15 is 0 Å². The van der Waals surface area contributed by atoms with Crippen LogP contribution in [0.25, 0.3) is 10.8 Å². The number of fused-ring (bicyclic) bond motifs is 3. The first-order chi connectivity index (χ1) is 8.59. The lowest BCUT2D eigenvalue weighted by Crippen LogP contribution is -2.35. The molecule has 3 N–H and O–H groups in total. The van der Waals surface area contributed by atoms with Crippen LogP contribution in [0.3, 0.4) is 0 Å². The minimum absolute atomic E-state index is 0.132. The van der Waals surface area contributed by atoms with Gasteiger partial charge in [0.05, 0.1) is 0 Å². The van der Waals surface area contributed by atoms with Gasteiger partial charge in [0, 0.05) is 18.2 Å². The Labute approximate surface area is 107 Å². The fraction of sp³-hybridized carbons (Fsp3) is 0.267. The highest BCUT2D eigenvalue weighted by atomic mass is 15.2. The van der Waals surface area contributed by atoms with Gasteiger partial charge in [-0.3, -0.25) is 5.41 Å². The van der Waals surface area contributed by atoms with Crippen molar-refractivity contribution in [2.24, 2.45) is 5.73 Å². The van der Waals surface area contributed by atoms with Crippen LogP contribution in [-0.4, -0.2) is 12.5 Å². The predicted molar refractivity (Wildman–Crippen MR) is 76.4 cm³/mol. The Hall–Kier alpha value is -2.03. The summed E-state index contributed by atoms with van der Waals surface area (Å²) < 4.78 is 0. The lowest BCUT2D eigenvalue weighted by Gasteiger charge is -2.17. The van der Waals surface area contributed by atoms with E-state index in [4.69, 9.17) is 11.1 Å². The van der Waals surface area contributed by atoms with E-state index < -0.39 is 0 Å². The van der Waals surface area contributed by atoms with Crippen molar-refractivity contribution >= 4 is 22.4 Å². The number of benzene rings is 2. The fourth-order valence-electron chi connectivity index (χ4n) is 2.97. The second-order valence-corrected chi connectivity index (χ2v) is 5.07. The average Bonchev–Trinajstić information content (AvgIpc) is 2.68. The summed E-state index contributed by atoms with van der Waals surface area (Å²) in [4.78, 5) is 1.89. The standard InChI is InChI=1S/C15H17N3/c1-9-4-3-5-12-11(9)6-7-13-14(12)10(2)8-18(13)15(16)17/h3-7,10H,8H2,1-2H3,(H3,16,17). The molecule has 0 aliphatic carbocycles. The molecule has 3 heteroatoms. The number of hydrogen-bond acceptors (Lipinski definition) is 1. The minimum atomic E-state index is 0.132. The van der Waals surface area contributed by atoms with Gasteiger partial charge in [-0.15, -0.1) is 0 Å². The van der Waals surface area contributed by atoms with Crippen molar-refractivity contribution in [2.75, 3.05) is 11.4 Å². The molecule has 1 aliphatic rings. The molecule has 0 fully saturated rings. The third-order valence-corrected chi connectivity index (χ3v) is 3.83. The van der Waals surface area contributed by atoms with Crippen LogP contribution >= 0.6 is 0 Å². The topological polar surface area (TPSA) is 53.1 Å². The molecule has 3 rings (SSSR count). The van der Waals surface area contributed by atoms with Crippen molar-refractivity contribution in [3.05, 3.63) is 41.5 Å². The first-order valence-electron chi connectivity index (χ1n) is 6.23. The van der Waals surface area contributed by atoms with Crippen LogP contribution in [0.15, 0.2) is 30.3 Å². The smallest absolute Gasteiger partial charge is 0.192 e. The number of anilines is 1. The molecular formula is C15H17N3. The first-order valence-corrected chi connectivity index (χ1v) is 6.23. The van der Waals surface area contributed by atoms with Gasteiger partial charge in [-0.2, -0.15) is 0 Å². The fourth-order valence-corrected chi connectivity index (χ4v) is 2.97. The second-order valence-electron chi connectivity index (χ2n) is 5.07. The zero-order valence-corrected chi connectivity index (χ0v) is 10.7. The van der Waals surface area contributed by atoms with Crippen molar-refractivity contribution < 1.29 is 0 Å². The lowest BCUT2D eigenvalue weighted by atomic mass is 9.94. The van der Waals surface area contributed by atoms with Crippen LogP contribution in [0, 0.1) is 12.3 Å². The van der Waals surface area contributed by atoms with Crippen LogP contribution in [0.1, 0.15) is 24.0 Å². The maximum Gasteiger partial charge on any atom is 0.192 e. The molecule has 1 heterocycles. The molecule has 0 saturated carbocycles. The summed E-state index contributed by atoms with van der Waals surface area (Å²) in [7, 11) is 0. The zero-order chi connectivity index (χ0) is 12.9. The highest BCUT2D eigenvalue weighted by Crippen LogP contribution is 2.41. The molecule has 18 heavy (non-hydrogen) atoms. The highest BCUT2D eigenvalue weighted by molar-refractivity contribution is 6.01. The van der Waals surface area contributed by atoms with Gasteiger partial charge in [0.25, 0.3) is 0 Å². The van der Waals surface area contributed by atoms with Gasteiger partial charge in [0.2, 0.25) is 0 Å². The van der Waals surface area contributed by atoms with E-state index in [9.17, 15) is 0 Å². The Morgan fingerprint density at radius 3 is 2.78 bits per heavy atom. The van der Waals surface area contributed by atoms with Crippen LogP contribution in [0.5, 0.6) is 0 Å². The Morgan fingerprint density at radius 2 is 2.06 bits per heavy atom. The monoisotopic (exact) mass is 239 g/mol. The summed E-state index contributed by atoms with van der Waals surface area (Å²) in [5.41, 5.74) is 9.37. The normalized spacial score (nSPS) is 18.1. The minimum Gasteiger partial charge on any atom is -0.370 e. The third kappa shape index (κ3) is 1.40. The van der Waals surface area contributed by atoms with Gasteiger partial charge in [0.15, 0.2) is 5.96 Å². The molecule has 0 saturated heterocycles. The number of rotatable bonds is 0. The van der Waals surface area contributed by atoms with Crippen molar-refractivity contribution in [1.29, 1.82) is 5.41 Å². The summed E-state index contributed by atoms with van der Waals surface area (Å²) in [5.74, 6) is 0.544. The molecule has 0 radical (unpaired) electrons. The predicted octanol–water partition coefficient (Wildman–Crippen LogP) is 2.97. The summed E-state index contributed by atoms with van der Waals surface area (Å²) >= 11 is 0. The molecule has 0 aromatic heterocycles. The Bertz CT molecular complexity index is 645. The van der Waals surface area contributed by atoms with E-state index in [1.54, 1.807) is 0 Å².